The van der Waals surface area contributed by atoms with Gasteiger partial charge in [-0.2, -0.15) is 0 Å². The molecule has 0 aromatic heterocycles. The molecule has 1 saturated heterocycles. The van der Waals surface area contributed by atoms with Gasteiger partial charge in [0, 0.05) is 6.42 Å². The monoisotopic (exact) mass is 431 g/mol. The van der Waals surface area contributed by atoms with Crippen LogP contribution in [0.2, 0.25) is 0 Å². The molecule has 1 fully saturated rings. The summed E-state index contributed by atoms with van der Waals surface area (Å²) in [5, 5.41) is 4.13. The molecule has 1 aliphatic heterocycles. The van der Waals surface area contributed by atoms with Crippen LogP contribution in [0.4, 0.5) is 0 Å². The van der Waals surface area contributed by atoms with Gasteiger partial charge in [-0.25, -0.2) is 4.79 Å². The number of carbonyl (C=O) groups excluding carboxylic acids is 2. The van der Waals surface area contributed by atoms with Crippen LogP contribution in [0.15, 0.2) is 29.4 Å². The molecule has 31 heavy (non-hydrogen) atoms. The first kappa shape index (κ1) is 24.9. The third-order valence-electron chi connectivity index (χ3n) is 5.40. The molecular formula is C25H37NO5. The zero-order chi connectivity index (χ0) is 22.3. The first-order valence-corrected chi connectivity index (χ1v) is 11.7. The zero-order valence-electron chi connectivity index (χ0n) is 19.1. The van der Waals surface area contributed by atoms with Crippen LogP contribution in [0.5, 0.6) is 5.75 Å². The van der Waals surface area contributed by atoms with E-state index in [0.29, 0.717) is 31.6 Å². The van der Waals surface area contributed by atoms with E-state index in [9.17, 15) is 9.59 Å². The Balaban J connectivity index is 1.85. The third kappa shape index (κ3) is 11.0. The fourth-order valence-corrected chi connectivity index (χ4v) is 3.46. The van der Waals surface area contributed by atoms with Crippen molar-refractivity contribution >= 4 is 17.7 Å². The SMILES string of the molecule is Cc1ccc(OC(C)C(=O)O/N=C2\CCCCCCCCCCC(=O)OCCC2)cc1. The Hall–Kier alpha value is -2.37. The molecule has 1 aliphatic rings. The van der Waals surface area contributed by atoms with E-state index in [-0.39, 0.29) is 5.97 Å². The van der Waals surface area contributed by atoms with Crippen LogP contribution in [-0.2, 0) is 19.2 Å². The summed E-state index contributed by atoms with van der Waals surface area (Å²) in [5.74, 6) is -0.0278. The molecule has 6 heteroatoms. The molecule has 0 N–H and O–H groups in total. The zero-order valence-corrected chi connectivity index (χ0v) is 19.1. The number of nitrogens with zero attached hydrogens (tertiary/aromatic N) is 1. The summed E-state index contributed by atoms with van der Waals surface area (Å²) in [6.07, 6.45) is 10.9. The maximum Gasteiger partial charge on any atom is 0.374 e. The first-order chi connectivity index (χ1) is 15.0. The van der Waals surface area contributed by atoms with Gasteiger partial charge in [0.1, 0.15) is 5.75 Å². The highest BCUT2D eigenvalue weighted by molar-refractivity contribution is 5.85. The number of benzene rings is 1. The number of carbonyl (C=O) groups is 2. The van der Waals surface area contributed by atoms with Crippen molar-refractivity contribution in [1.29, 1.82) is 0 Å². The van der Waals surface area contributed by atoms with Crippen LogP contribution >= 0.6 is 0 Å². The van der Waals surface area contributed by atoms with Crippen molar-refractivity contribution in [3.05, 3.63) is 29.8 Å². The van der Waals surface area contributed by atoms with Crippen molar-refractivity contribution < 1.29 is 23.9 Å². The van der Waals surface area contributed by atoms with Crippen molar-refractivity contribution in [2.45, 2.75) is 97.0 Å². The van der Waals surface area contributed by atoms with Gasteiger partial charge in [0.25, 0.3) is 0 Å². The van der Waals surface area contributed by atoms with Gasteiger partial charge in [0.2, 0.25) is 0 Å². The molecule has 0 bridgehead atoms. The van der Waals surface area contributed by atoms with E-state index >= 15 is 0 Å². The van der Waals surface area contributed by atoms with Crippen LogP contribution < -0.4 is 4.74 Å². The standard InChI is InChI=1S/C25H37NO5/c1-20-15-17-23(18-16-20)30-21(2)25(28)31-26-22-12-9-7-5-3-4-6-8-10-14-24(27)29-19-11-13-22/h15-18,21H,3-14,19H2,1-2H3/b26-22+. The van der Waals surface area contributed by atoms with E-state index in [1.807, 2.05) is 31.2 Å². The topological polar surface area (TPSA) is 74.2 Å². The molecular weight excluding hydrogens is 394 g/mol. The largest absolute Gasteiger partial charge is 0.479 e. The number of oxime groups is 1. The molecule has 1 atom stereocenters. The molecule has 0 saturated carbocycles. The second kappa shape index (κ2) is 14.6. The lowest BCUT2D eigenvalue weighted by molar-refractivity contribution is -0.151. The Bertz CT molecular complexity index is 698. The molecule has 1 aromatic carbocycles. The Morgan fingerprint density at radius 2 is 1.48 bits per heavy atom. The summed E-state index contributed by atoms with van der Waals surface area (Å²) >= 11 is 0. The molecule has 2 rings (SSSR count). The lowest BCUT2D eigenvalue weighted by atomic mass is 10.0. The number of aryl methyl sites for hydroxylation is 1. The number of hydrogen-bond donors (Lipinski definition) is 0. The summed E-state index contributed by atoms with van der Waals surface area (Å²) in [5.41, 5.74) is 1.96. The lowest BCUT2D eigenvalue weighted by Crippen LogP contribution is -2.25. The highest BCUT2D eigenvalue weighted by atomic mass is 16.7. The van der Waals surface area contributed by atoms with Crippen LogP contribution in [0.1, 0.15) is 89.5 Å². The van der Waals surface area contributed by atoms with Crippen molar-refractivity contribution in [1.82, 2.24) is 0 Å². The number of esters is 1. The predicted octanol–water partition coefficient (Wildman–Crippen LogP) is 5.90. The van der Waals surface area contributed by atoms with E-state index in [2.05, 4.69) is 5.16 Å². The van der Waals surface area contributed by atoms with Crippen molar-refractivity contribution in [3.8, 4) is 5.75 Å². The number of hydrogen-bond acceptors (Lipinski definition) is 6. The summed E-state index contributed by atoms with van der Waals surface area (Å²) in [6.45, 7) is 4.02. The number of cyclic esters (lactones) is 1. The van der Waals surface area contributed by atoms with E-state index in [4.69, 9.17) is 14.3 Å². The van der Waals surface area contributed by atoms with E-state index in [0.717, 1.165) is 43.4 Å². The molecule has 1 heterocycles. The molecule has 1 aromatic rings. The minimum Gasteiger partial charge on any atom is -0.479 e. The Morgan fingerprint density at radius 1 is 0.903 bits per heavy atom. The van der Waals surface area contributed by atoms with Gasteiger partial charge in [0.05, 0.1) is 12.3 Å². The second-order valence-electron chi connectivity index (χ2n) is 8.29. The van der Waals surface area contributed by atoms with Gasteiger partial charge in [-0.3, -0.25) is 4.79 Å². The fourth-order valence-electron chi connectivity index (χ4n) is 3.46. The number of rotatable bonds is 4. The quantitative estimate of drug-likeness (QED) is 0.337. The summed E-state index contributed by atoms with van der Waals surface area (Å²) in [6, 6.07) is 7.51. The molecule has 0 aliphatic carbocycles. The van der Waals surface area contributed by atoms with Crippen LogP contribution in [0, 0.1) is 6.92 Å². The van der Waals surface area contributed by atoms with Gasteiger partial charge in [-0.15, -0.1) is 0 Å². The van der Waals surface area contributed by atoms with E-state index < -0.39 is 12.1 Å². The Kier molecular flexibility index (Phi) is 11.7. The molecule has 0 radical (unpaired) electrons. The molecule has 0 amide bonds. The summed E-state index contributed by atoms with van der Waals surface area (Å²) in [4.78, 5) is 29.3. The van der Waals surface area contributed by atoms with Crippen LogP contribution in [-0.4, -0.2) is 30.4 Å². The smallest absolute Gasteiger partial charge is 0.374 e. The average Bonchev–Trinajstić information content (AvgIpc) is 2.76. The Morgan fingerprint density at radius 3 is 2.16 bits per heavy atom. The minimum absolute atomic E-state index is 0.126. The van der Waals surface area contributed by atoms with Gasteiger partial charge >= 0.3 is 11.9 Å². The maximum absolute atomic E-state index is 12.3. The highest BCUT2D eigenvalue weighted by Gasteiger charge is 2.17. The predicted molar refractivity (Wildman–Crippen MR) is 121 cm³/mol. The minimum atomic E-state index is -0.751. The van der Waals surface area contributed by atoms with Gasteiger partial charge in [-0.05, 0) is 58.1 Å². The average molecular weight is 432 g/mol. The number of ether oxygens (including phenoxy) is 2. The fraction of sp³-hybridized carbons (Fsp3) is 0.640. The van der Waals surface area contributed by atoms with Gasteiger partial charge < -0.3 is 14.3 Å². The Labute approximate surface area is 186 Å². The van der Waals surface area contributed by atoms with Crippen molar-refractivity contribution in [2.24, 2.45) is 5.16 Å². The van der Waals surface area contributed by atoms with Crippen molar-refractivity contribution in [2.75, 3.05) is 6.61 Å². The van der Waals surface area contributed by atoms with Gasteiger partial charge in [0.15, 0.2) is 6.10 Å². The second-order valence-corrected chi connectivity index (χ2v) is 8.29. The first-order valence-electron chi connectivity index (χ1n) is 11.7. The van der Waals surface area contributed by atoms with E-state index in [1.54, 1.807) is 6.92 Å². The van der Waals surface area contributed by atoms with Crippen molar-refractivity contribution in [3.63, 3.8) is 0 Å². The maximum atomic E-state index is 12.3. The summed E-state index contributed by atoms with van der Waals surface area (Å²) in [7, 11) is 0. The van der Waals surface area contributed by atoms with E-state index in [1.165, 1.54) is 25.7 Å². The highest BCUT2D eigenvalue weighted by Crippen LogP contribution is 2.15. The molecule has 1 unspecified atom stereocenters. The lowest BCUT2D eigenvalue weighted by Gasteiger charge is -2.13. The molecule has 6 nitrogen and oxygen atoms in total. The summed E-state index contributed by atoms with van der Waals surface area (Å²) < 4.78 is 10.9. The normalized spacial score (nSPS) is 19.9. The van der Waals surface area contributed by atoms with Gasteiger partial charge in [-0.1, -0.05) is 61.4 Å². The third-order valence-corrected chi connectivity index (χ3v) is 5.40. The van der Waals surface area contributed by atoms with Crippen LogP contribution in [0.3, 0.4) is 0 Å². The molecule has 172 valence electrons. The molecule has 0 spiro atoms. The van der Waals surface area contributed by atoms with Crippen LogP contribution in [0.25, 0.3) is 0 Å².